The van der Waals surface area contributed by atoms with Crippen LogP contribution in [0.3, 0.4) is 0 Å². The number of carboxylic acids is 1. The average molecular weight is 426 g/mol. The zero-order valence-electron chi connectivity index (χ0n) is 17.1. The van der Waals surface area contributed by atoms with Crippen molar-refractivity contribution in [2.24, 2.45) is 0 Å². The van der Waals surface area contributed by atoms with Gasteiger partial charge in [0, 0.05) is 6.42 Å². The third-order valence-corrected chi connectivity index (χ3v) is 5.87. The van der Waals surface area contributed by atoms with Crippen LogP contribution in [-0.2, 0) is 11.2 Å². The standard InChI is InChI=1S/C29H22O2.Na.H/c30-26(31)19-18-22-14-9-17-25-27(20-10-3-1-4-11-20)23-15-7-8-16-24(23)28(29(22)25)21-12-5-2-6-13-21;;/h1-17H,18-19H2,(H,30,31);;. The maximum atomic E-state index is 11.4. The van der Waals surface area contributed by atoms with Crippen molar-refractivity contribution in [3.8, 4) is 22.3 Å². The summed E-state index contributed by atoms with van der Waals surface area (Å²) >= 11 is 0. The predicted molar refractivity (Wildman–Crippen MR) is 135 cm³/mol. The summed E-state index contributed by atoms with van der Waals surface area (Å²) < 4.78 is 0. The Kier molecular flexibility index (Phi) is 6.76. The average Bonchev–Trinajstić information content (AvgIpc) is 2.82. The number of aliphatic carboxylic acids is 1. The molecule has 0 aliphatic rings. The van der Waals surface area contributed by atoms with E-state index in [2.05, 4.69) is 91.0 Å². The Morgan fingerprint density at radius 3 is 1.69 bits per heavy atom. The van der Waals surface area contributed by atoms with Gasteiger partial charge in [0.15, 0.2) is 0 Å². The third kappa shape index (κ3) is 4.10. The van der Waals surface area contributed by atoms with Crippen molar-refractivity contribution in [1.29, 1.82) is 0 Å². The van der Waals surface area contributed by atoms with Crippen molar-refractivity contribution in [3.63, 3.8) is 0 Å². The number of carboxylic acid groups (broad SMARTS) is 1. The molecule has 0 fully saturated rings. The van der Waals surface area contributed by atoms with E-state index in [4.69, 9.17) is 0 Å². The summed E-state index contributed by atoms with van der Waals surface area (Å²) in [7, 11) is 0. The molecule has 2 nitrogen and oxygen atoms in total. The van der Waals surface area contributed by atoms with Crippen LogP contribution in [0.1, 0.15) is 12.0 Å². The first-order valence-corrected chi connectivity index (χ1v) is 10.5. The Balaban J connectivity index is 0.00000245. The van der Waals surface area contributed by atoms with E-state index in [0.29, 0.717) is 6.42 Å². The van der Waals surface area contributed by atoms with Gasteiger partial charge in [-0.25, -0.2) is 0 Å². The van der Waals surface area contributed by atoms with Gasteiger partial charge < -0.3 is 5.11 Å². The molecular formula is C29H23NaO2. The van der Waals surface area contributed by atoms with Gasteiger partial charge in [-0.2, -0.15) is 0 Å². The quantitative estimate of drug-likeness (QED) is 0.251. The summed E-state index contributed by atoms with van der Waals surface area (Å²) in [5.74, 6) is -0.776. The molecule has 0 aromatic heterocycles. The molecule has 0 saturated heterocycles. The fourth-order valence-electron chi connectivity index (χ4n) is 4.57. The molecule has 0 unspecified atom stereocenters. The number of benzene rings is 5. The van der Waals surface area contributed by atoms with Gasteiger partial charge >= 0.3 is 35.5 Å². The molecule has 32 heavy (non-hydrogen) atoms. The van der Waals surface area contributed by atoms with Gasteiger partial charge in [0.25, 0.3) is 0 Å². The van der Waals surface area contributed by atoms with E-state index in [1.807, 2.05) is 12.1 Å². The third-order valence-electron chi connectivity index (χ3n) is 5.87. The molecule has 0 heterocycles. The van der Waals surface area contributed by atoms with Crippen LogP contribution in [0.15, 0.2) is 103 Å². The van der Waals surface area contributed by atoms with Crippen LogP contribution in [0.25, 0.3) is 43.8 Å². The maximum absolute atomic E-state index is 11.4. The number of fused-ring (bicyclic) bond motifs is 2. The van der Waals surface area contributed by atoms with E-state index in [1.54, 1.807) is 0 Å². The number of hydrogen-bond acceptors (Lipinski definition) is 1. The normalized spacial score (nSPS) is 10.8. The Morgan fingerprint density at radius 2 is 1.09 bits per heavy atom. The van der Waals surface area contributed by atoms with Crippen LogP contribution in [0.2, 0.25) is 0 Å². The minimum absolute atomic E-state index is 0. The Hall–Kier alpha value is -2.91. The first-order chi connectivity index (χ1) is 15.2. The van der Waals surface area contributed by atoms with Crippen LogP contribution in [0, 0.1) is 0 Å². The molecule has 0 radical (unpaired) electrons. The van der Waals surface area contributed by atoms with E-state index in [9.17, 15) is 9.90 Å². The second kappa shape index (κ2) is 9.70. The molecule has 0 bridgehead atoms. The van der Waals surface area contributed by atoms with Crippen molar-refractivity contribution in [1.82, 2.24) is 0 Å². The molecule has 3 heteroatoms. The molecule has 0 spiro atoms. The second-order valence-electron chi connectivity index (χ2n) is 7.76. The first kappa shape index (κ1) is 22.3. The summed E-state index contributed by atoms with van der Waals surface area (Å²) in [5, 5.41) is 14.0. The monoisotopic (exact) mass is 426 g/mol. The second-order valence-corrected chi connectivity index (χ2v) is 7.76. The molecular weight excluding hydrogens is 403 g/mol. The van der Waals surface area contributed by atoms with Crippen LogP contribution in [-0.4, -0.2) is 40.6 Å². The zero-order chi connectivity index (χ0) is 21.2. The van der Waals surface area contributed by atoms with Crippen molar-refractivity contribution in [3.05, 3.63) is 109 Å². The van der Waals surface area contributed by atoms with Gasteiger partial charge in [-0.05, 0) is 55.8 Å². The summed E-state index contributed by atoms with van der Waals surface area (Å²) in [6, 6.07) is 35.7. The van der Waals surface area contributed by atoms with Gasteiger partial charge in [-0.3, -0.25) is 4.79 Å². The van der Waals surface area contributed by atoms with Gasteiger partial charge in [-0.1, -0.05) is 103 Å². The molecule has 0 atom stereocenters. The number of aryl methyl sites for hydroxylation is 1. The first-order valence-electron chi connectivity index (χ1n) is 10.5. The van der Waals surface area contributed by atoms with Gasteiger partial charge in [-0.15, -0.1) is 0 Å². The van der Waals surface area contributed by atoms with E-state index >= 15 is 0 Å². The number of rotatable bonds is 5. The molecule has 5 rings (SSSR count). The van der Waals surface area contributed by atoms with Crippen LogP contribution in [0.4, 0.5) is 0 Å². The number of hydrogen-bond donors (Lipinski definition) is 1. The van der Waals surface area contributed by atoms with E-state index in [0.717, 1.165) is 21.9 Å². The minimum atomic E-state index is -0.776. The molecule has 5 aromatic rings. The summed E-state index contributed by atoms with van der Waals surface area (Å²) in [6.07, 6.45) is 0.611. The Bertz CT molecular complexity index is 1390. The Labute approximate surface area is 209 Å². The van der Waals surface area contributed by atoms with Crippen molar-refractivity contribution < 1.29 is 9.90 Å². The fourth-order valence-corrected chi connectivity index (χ4v) is 4.57. The Morgan fingerprint density at radius 1 is 0.594 bits per heavy atom. The molecule has 152 valence electrons. The summed E-state index contributed by atoms with van der Waals surface area (Å²) in [6.45, 7) is 0. The fraction of sp³-hybridized carbons (Fsp3) is 0.0690. The molecule has 0 amide bonds. The van der Waals surface area contributed by atoms with Crippen molar-refractivity contribution in [2.75, 3.05) is 0 Å². The van der Waals surface area contributed by atoms with Crippen LogP contribution in [0.5, 0.6) is 0 Å². The van der Waals surface area contributed by atoms with Crippen LogP contribution >= 0.6 is 0 Å². The van der Waals surface area contributed by atoms with Crippen molar-refractivity contribution >= 4 is 57.1 Å². The van der Waals surface area contributed by atoms with Gasteiger partial charge in [0.05, 0.1) is 0 Å². The van der Waals surface area contributed by atoms with Crippen molar-refractivity contribution in [2.45, 2.75) is 12.8 Å². The molecule has 0 saturated carbocycles. The molecule has 0 aliphatic carbocycles. The summed E-state index contributed by atoms with van der Waals surface area (Å²) in [5.41, 5.74) is 5.75. The zero-order valence-corrected chi connectivity index (χ0v) is 17.1. The molecule has 5 aromatic carbocycles. The summed E-state index contributed by atoms with van der Waals surface area (Å²) in [4.78, 5) is 11.4. The van der Waals surface area contributed by atoms with E-state index < -0.39 is 5.97 Å². The van der Waals surface area contributed by atoms with Gasteiger partial charge in [0.2, 0.25) is 0 Å². The SMILES string of the molecule is O=C(O)CCc1cccc2c(-c3ccccc3)c3ccccc3c(-c3ccccc3)c12.[NaH]. The van der Waals surface area contributed by atoms with Gasteiger partial charge in [0.1, 0.15) is 0 Å². The van der Waals surface area contributed by atoms with Crippen LogP contribution < -0.4 is 0 Å². The number of carbonyl (C=O) groups is 1. The molecule has 0 aliphatic heterocycles. The van der Waals surface area contributed by atoms with E-state index in [1.165, 1.54) is 27.5 Å². The van der Waals surface area contributed by atoms with E-state index in [-0.39, 0.29) is 36.0 Å². The predicted octanol–water partition coefficient (Wildman–Crippen LogP) is 6.70. The molecule has 1 N–H and O–H groups in total. The topological polar surface area (TPSA) is 37.3 Å².